The molecule has 0 saturated heterocycles. The number of nitrogens with one attached hydrogen (secondary N) is 2. The van der Waals surface area contributed by atoms with Crippen LogP contribution in [0, 0.1) is 5.92 Å². The van der Waals surface area contributed by atoms with Gasteiger partial charge in [0.15, 0.2) is 5.78 Å². The average molecular weight is 432 g/mol. The second kappa shape index (κ2) is 10.1. The summed E-state index contributed by atoms with van der Waals surface area (Å²) in [6.07, 6.45) is 4.62. The molecule has 1 saturated carbocycles. The smallest absolute Gasteiger partial charge is 0.225 e. The Kier molecular flexibility index (Phi) is 7.00. The molecule has 0 bridgehead atoms. The van der Waals surface area contributed by atoms with Crippen LogP contribution in [0.5, 0.6) is 0 Å². The molecule has 6 nitrogen and oxygen atoms in total. The summed E-state index contributed by atoms with van der Waals surface area (Å²) in [6.45, 7) is 3.43. The van der Waals surface area contributed by atoms with Crippen LogP contribution < -0.4 is 15.5 Å². The average Bonchev–Trinajstić information content (AvgIpc) is 2.80. The summed E-state index contributed by atoms with van der Waals surface area (Å²) >= 11 is 0. The molecular weight excluding hydrogens is 398 g/mol. The van der Waals surface area contributed by atoms with Gasteiger partial charge in [-0.2, -0.15) is 4.98 Å². The Labute approximate surface area is 190 Å². The Balaban J connectivity index is 1.28. The van der Waals surface area contributed by atoms with Crippen LogP contribution in [0.25, 0.3) is 10.9 Å². The first-order valence-corrected chi connectivity index (χ1v) is 11.5. The third-order valence-corrected chi connectivity index (χ3v) is 6.28. The number of hydrogen-bond donors (Lipinski definition) is 2. The van der Waals surface area contributed by atoms with E-state index in [0.717, 1.165) is 54.2 Å². The van der Waals surface area contributed by atoms with Crippen LogP contribution in [0.3, 0.4) is 0 Å². The Morgan fingerprint density at radius 2 is 1.81 bits per heavy atom. The fourth-order valence-electron chi connectivity index (χ4n) is 4.48. The van der Waals surface area contributed by atoms with Gasteiger partial charge in [-0.05, 0) is 68.8 Å². The zero-order valence-electron chi connectivity index (χ0n) is 19.3. The molecule has 0 unspecified atom stereocenters. The maximum absolute atomic E-state index is 11.6. The van der Waals surface area contributed by atoms with Crippen molar-refractivity contribution < 1.29 is 4.79 Å². The van der Waals surface area contributed by atoms with E-state index in [1.165, 1.54) is 18.4 Å². The van der Waals surface area contributed by atoms with Crippen molar-refractivity contribution in [2.45, 2.75) is 45.2 Å². The first-order chi connectivity index (χ1) is 15.5. The first-order valence-electron chi connectivity index (χ1n) is 11.5. The van der Waals surface area contributed by atoms with Gasteiger partial charge < -0.3 is 15.5 Å². The molecule has 1 aromatic heterocycles. The number of fused-ring (bicyclic) bond motifs is 1. The Morgan fingerprint density at radius 1 is 1.03 bits per heavy atom. The molecule has 1 aliphatic carbocycles. The zero-order chi connectivity index (χ0) is 22.5. The Bertz CT molecular complexity index is 1070. The number of carbonyl (C=O) groups excluding carboxylic acids is 1. The lowest BCUT2D eigenvalue weighted by Crippen LogP contribution is -2.31. The van der Waals surface area contributed by atoms with Gasteiger partial charge in [0.1, 0.15) is 5.82 Å². The topological polar surface area (TPSA) is 70.2 Å². The molecule has 6 heteroatoms. The summed E-state index contributed by atoms with van der Waals surface area (Å²) in [5, 5.41) is 8.24. The van der Waals surface area contributed by atoms with Crippen LogP contribution in [0.4, 0.5) is 11.8 Å². The maximum atomic E-state index is 11.6. The van der Waals surface area contributed by atoms with E-state index < -0.39 is 0 Å². The number of rotatable bonds is 8. The molecule has 4 rings (SSSR count). The van der Waals surface area contributed by atoms with Gasteiger partial charge in [0.2, 0.25) is 5.95 Å². The fourth-order valence-corrected chi connectivity index (χ4v) is 4.48. The predicted octanol–water partition coefficient (Wildman–Crippen LogP) is 4.66. The number of hydrogen-bond acceptors (Lipinski definition) is 6. The highest BCUT2D eigenvalue weighted by Crippen LogP contribution is 2.28. The van der Waals surface area contributed by atoms with E-state index in [2.05, 4.69) is 22.8 Å². The monoisotopic (exact) mass is 431 g/mol. The van der Waals surface area contributed by atoms with Gasteiger partial charge in [-0.25, -0.2) is 4.98 Å². The first kappa shape index (κ1) is 22.2. The van der Waals surface area contributed by atoms with E-state index in [1.807, 2.05) is 55.4 Å². The second-order valence-electron chi connectivity index (χ2n) is 9.03. The molecule has 0 amide bonds. The van der Waals surface area contributed by atoms with Crippen LogP contribution in [-0.4, -0.2) is 42.4 Å². The van der Waals surface area contributed by atoms with E-state index in [-0.39, 0.29) is 5.78 Å². The van der Waals surface area contributed by atoms with Gasteiger partial charge in [0, 0.05) is 37.6 Å². The fraction of sp³-hybridized carbons (Fsp3) is 0.423. The molecular formula is C26H33N5O. The van der Waals surface area contributed by atoms with Crippen molar-refractivity contribution in [3.63, 3.8) is 0 Å². The largest absolute Gasteiger partial charge is 0.362 e. The number of benzene rings is 2. The highest BCUT2D eigenvalue weighted by atomic mass is 16.1. The minimum Gasteiger partial charge on any atom is -0.362 e. The van der Waals surface area contributed by atoms with Gasteiger partial charge in [-0.1, -0.05) is 30.3 Å². The molecule has 3 aromatic rings. The normalized spacial score (nSPS) is 18.5. The Hall–Kier alpha value is -2.99. The molecule has 2 N–H and O–H groups in total. The summed E-state index contributed by atoms with van der Waals surface area (Å²) in [4.78, 5) is 23.1. The molecule has 1 aliphatic rings. The van der Waals surface area contributed by atoms with Gasteiger partial charge in [-0.15, -0.1) is 0 Å². The highest BCUT2D eigenvalue weighted by Gasteiger charge is 2.22. The second-order valence-corrected chi connectivity index (χ2v) is 9.03. The summed E-state index contributed by atoms with van der Waals surface area (Å²) in [5.74, 6) is 2.47. The highest BCUT2D eigenvalue weighted by molar-refractivity contribution is 5.94. The predicted molar refractivity (Wildman–Crippen MR) is 131 cm³/mol. The third-order valence-electron chi connectivity index (χ3n) is 6.28. The molecule has 0 spiro atoms. The van der Waals surface area contributed by atoms with E-state index in [0.29, 0.717) is 12.0 Å². The van der Waals surface area contributed by atoms with Crippen molar-refractivity contribution in [1.29, 1.82) is 0 Å². The maximum Gasteiger partial charge on any atom is 0.225 e. The van der Waals surface area contributed by atoms with Crippen molar-refractivity contribution >= 4 is 28.5 Å². The lowest BCUT2D eigenvalue weighted by Gasteiger charge is -2.29. The van der Waals surface area contributed by atoms with Crippen molar-refractivity contribution in [3.05, 3.63) is 59.7 Å². The third kappa shape index (κ3) is 5.43. The number of Topliss-reactive ketones (excluding diaryl/α,β-unsaturated/α-hetero) is 1. The van der Waals surface area contributed by atoms with Crippen molar-refractivity contribution in [2.75, 3.05) is 30.9 Å². The number of nitrogens with zero attached hydrogens (tertiary/aromatic N) is 3. The van der Waals surface area contributed by atoms with Gasteiger partial charge in [0.05, 0.1) is 5.52 Å². The molecule has 2 aromatic carbocycles. The summed E-state index contributed by atoms with van der Waals surface area (Å²) < 4.78 is 0. The number of aromatic nitrogens is 2. The summed E-state index contributed by atoms with van der Waals surface area (Å²) in [7, 11) is 4.04. The van der Waals surface area contributed by atoms with Gasteiger partial charge in [0.25, 0.3) is 0 Å². The summed E-state index contributed by atoms with van der Waals surface area (Å²) in [5.41, 5.74) is 2.92. The SMILES string of the molecule is CC(=O)c1cccc(CNCC2CCC(Nc3nc(N(C)C)c4ccccc4n3)CC2)c1. The molecule has 168 valence electrons. The van der Waals surface area contributed by atoms with Gasteiger partial charge >= 0.3 is 0 Å². The molecule has 0 atom stereocenters. The lowest BCUT2D eigenvalue weighted by atomic mass is 9.86. The molecule has 1 fully saturated rings. The van der Waals surface area contributed by atoms with Crippen LogP contribution in [-0.2, 0) is 6.54 Å². The molecule has 0 aliphatic heterocycles. The lowest BCUT2D eigenvalue weighted by molar-refractivity contribution is 0.101. The molecule has 1 heterocycles. The number of anilines is 2. The molecule has 32 heavy (non-hydrogen) atoms. The standard InChI is InChI=1S/C26H33N5O/c1-18(32)21-8-6-7-20(15-21)17-27-16-19-11-13-22(14-12-19)28-26-29-24-10-5-4-9-23(24)25(30-26)31(2)3/h4-10,15,19,22,27H,11-14,16-17H2,1-3H3,(H,28,29,30). The summed E-state index contributed by atoms with van der Waals surface area (Å²) in [6, 6.07) is 16.5. The van der Waals surface area contributed by atoms with Crippen LogP contribution in [0.1, 0.15) is 48.5 Å². The van der Waals surface area contributed by atoms with Crippen molar-refractivity contribution in [2.24, 2.45) is 5.92 Å². The number of para-hydroxylation sites is 1. The zero-order valence-corrected chi connectivity index (χ0v) is 19.3. The van der Waals surface area contributed by atoms with E-state index in [1.54, 1.807) is 6.92 Å². The minimum atomic E-state index is 0.116. The van der Waals surface area contributed by atoms with Crippen molar-refractivity contribution in [3.8, 4) is 0 Å². The van der Waals surface area contributed by atoms with E-state index >= 15 is 0 Å². The van der Waals surface area contributed by atoms with E-state index in [4.69, 9.17) is 9.97 Å². The molecule has 0 radical (unpaired) electrons. The number of carbonyl (C=O) groups is 1. The quantitative estimate of drug-likeness (QED) is 0.506. The number of ketones is 1. The van der Waals surface area contributed by atoms with E-state index in [9.17, 15) is 4.79 Å². The van der Waals surface area contributed by atoms with Crippen LogP contribution >= 0.6 is 0 Å². The van der Waals surface area contributed by atoms with Crippen LogP contribution in [0.2, 0.25) is 0 Å². The van der Waals surface area contributed by atoms with Gasteiger partial charge in [-0.3, -0.25) is 4.79 Å². The Morgan fingerprint density at radius 3 is 2.56 bits per heavy atom. The van der Waals surface area contributed by atoms with Crippen LogP contribution in [0.15, 0.2) is 48.5 Å². The van der Waals surface area contributed by atoms with Crippen molar-refractivity contribution in [1.82, 2.24) is 15.3 Å². The minimum absolute atomic E-state index is 0.116.